The molecule has 1 fully saturated rings. The van der Waals surface area contributed by atoms with Crippen LogP contribution in [0.1, 0.15) is 17.6 Å². The van der Waals surface area contributed by atoms with E-state index in [4.69, 9.17) is 26.8 Å². The van der Waals surface area contributed by atoms with E-state index in [0.717, 1.165) is 0 Å². The predicted octanol–water partition coefficient (Wildman–Crippen LogP) is 0.411. The van der Waals surface area contributed by atoms with Crippen LogP contribution in [0.3, 0.4) is 0 Å². The van der Waals surface area contributed by atoms with Crippen LogP contribution in [0.4, 0.5) is 10.2 Å². The van der Waals surface area contributed by atoms with Gasteiger partial charge in [0.15, 0.2) is 29.7 Å². The van der Waals surface area contributed by atoms with Crippen LogP contribution in [-0.4, -0.2) is 81.3 Å². The Morgan fingerprint density at radius 3 is 2.81 bits per heavy atom. The van der Waals surface area contributed by atoms with Crippen LogP contribution in [0.25, 0.3) is 11.2 Å². The third-order valence-electron chi connectivity index (χ3n) is 5.85. The monoisotopic (exact) mass is 519 g/mol. The van der Waals surface area contributed by atoms with Crippen LogP contribution in [-0.2, 0) is 26.3 Å². The number of nitrogen functional groups attached to an aromatic ring is 1. The average Bonchev–Trinajstić information content (AvgIpc) is 3.59. The number of anilines is 1. The summed E-state index contributed by atoms with van der Waals surface area (Å²) in [6, 6.07) is 8.67. The number of aliphatic carboxylic acids is 1. The highest BCUT2D eigenvalue weighted by Gasteiger charge is 2.50. The minimum absolute atomic E-state index is 0.00888. The third-order valence-corrected chi connectivity index (χ3v) is 6.02. The summed E-state index contributed by atoms with van der Waals surface area (Å²) in [6.45, 7) is -0.511. The molecule has 1 saturated heterocycles. The van der Waals surface area contributed by atoms with Gasteiger partial charge in [-0.15, -0.1) is 5.10 Å². The molecule has 1 aromatic carbocycles. The van der Waals surface area contributed by atoms with Crippen molar-refractivity contribution in [2.45, 2.75) is 36.6 Å². The van der Waals surface area contributed by atoms with Gasteiger partial charge >= 0.3 is 5.97 Å². The van der Waals surface area contributed by atoms with E-state index in [-0.39, 0.29) is 34.5 Å². The largest absolute Gasteiger partial charge is 0.479 e. The fraction of sp³-hybridized carbons (Fsp3) is 0.350. The topological polar surface area (TPSA) is 200 Å². The molecular weight excluding hydrogens is 501 g/mol. The number of alkyl halides is 1. The number of benzene rings is 1. The summed E-state index contributed by atoms with van der Waals surface area (Å²) in [5.41, 5.74) is 4.62. The Morgan fingerprint density at radius 1 is 1.33 bits per heavy atom. The molecule has 1 aliphatic heterocycles. The first-order valence-electron chi connectivity index (χ1n) is 10.6. The maximum atomic E-state index is 15.2. The lowest BCUT2D eigenvalue weighted by Gasteiger charge is -2.29. The van der Waals surface area contributed by atoms with Gasteiger partial charge in [-0.2, -0.15) is 9.97 Å². The van der Waals surface area contributed by atoms with Crippen LogP contribution >= 0.6 is 11.6 Å². The number of nitrogens with two attached hydrogens (primary N) is 1. The van der Waals surface area contributed by atoms with E-state index in [0.29, 0.717) is 5.56 Å². The number of carboxylic acids is 1. The summed E-state index contributed by atoms with van der Waals surface area (Å²) >= 11 is 5.88. The minimum Gasteiger partial charge on any atom is -0.479 e. The molecular formula is C20H19ClFN9O5. The molecule has 0 amide bonds. The number of rotatable bonds is 8. The number of fused-ring (bicyclic) bond motifs is 1. The average molecular weight is 520 g/mol. The zero-order valence-electron chi connectivity index (χ0n) is 18.3. The quantitative estimate of drug-likeness (QED) is 0.234. The molecule has 0 aliphatic carbocycles. The number of imidazole rings is 1. The number of hydrogen-bond donors (Lipinski definition) is 4. The molecule has 0 radical (unpaired) electrons. The van der Waals surface area contributed by atoms with Crippen molar-refractivity contribution in [3.63, 3.8) is 0 Å². The number of halogens is 2. The molecule has 4 heterocycles. The molecule has 1 unspecified atom stereocenters. The Labute approximate surface area is 206 Å². The first-order valence-corrected chi connectivity index (χ1v) is 11.0. The Morgan fingerprint density at radius 2 is 2.11 bits per heavy atom. The van der Waals surface area contributed by atoms with Crippen molar-refractivity contribution in [1.29, 1.82) is 0 Å². The number of hydrogen-bond acceptors (Lipinski definition) is 11. The minimum atomic E-state index is -2.07. The predicted molar refractivity (Wildman–Crippen MR) is 119 cm³/mol. The standard InChI is InChI=1S/C20H19ClFN9O5/c21-19-25-14(23)12-15(26-19)31(8-24-12)16-11(22)13(32)10(36-16)7-35-20(18(33)34,17-27-29-30-28-17)6-9-4-2-1-3-5-9/h1-5,8,10-11,13,16,32H,6-7H2,(H,33,34)(H2,23,25,26)(H,27,28,29,30)/t10-,11+,13-,16-,20?/m1/s1. The van der Waals surface area contributed by atoms with Crippen LogP contribution in [0.15, 0.2) is 36.7 Å². The number of aromatic nitrogens is 8. The molecule has 1 aliphatic rings. The first kappa shape index (κ1) is 23.9. The van der Waals surface area contributed by atoms with Crippen molar-refractivity contribution < 1.29 is 28.9 Å². The summed E-state index contributed by atoms with van der Waals surface area (Å²) in [5, 5.41) is 33.6. The SMILES string of the molecule is Nc1nc(Cl)nc2c1ncn2[C@@H]1O[C@H](COC(Cc2ccccc2)(C(=O)O)c2nnn[nH]2)[C@@H](O)[C@@H]1F. The van der Waals surface area contributed by atoms with E-state index in [9.17, 15) is 15.0 Å². The Kier molecular flexibility index (Phi) is 6.21. The number of aliphatic hydroxyl groups excluding tert-OH is 1. The maximum Gasteiger partial charge on any atom is 0.344 e. The molecule has 0 spiro atoms. The van der Waals surface area contributed by atoms with E-state index < -0.39 is 42.8 Å². The summed E-state index contributed by atoms with van der Waals surface area (Å²) in [5.74, 6) is -1.58. The van der Waals surface area contributed by atoms with Crippen molar-refractivity contribution in [2.75, 3.05) is 12.3 Å². The maximum absolute atomic E-state index is 15.2. The van der Waals surface area contributed by atoms with Crippen LogP contribution in [0, 0.1) is 0 Å². The highest BCUT2D eigenvalue weighted by atomic mass is 35.5. The molecule has 14 nitrogen and oxygen atoms in total. The molecule has 188 valence electrons. The van der Waals surface area contributed by atoms with Crippen molar-refractivity contribution in [3.05, 3.63) is 53.3 Å². The van der Waals surface area contributed by atoms with E-state index in [1.807, 2.05) is 0 Å². The van der Waals surface area contributed by atoms with E-state index in [1.54, 1.807) is 30.3 Å². The van der Waals surface area contributed by atoms with Gasteiger partial charge in [0, 0.05) is 6.42 Å². The Bertz CT molecular complexity index is 1370. The molecule has 5 N–H and O–H groups in total. The molecule has 5 rings (SSSR count). The lowest BCUT2D eigenvalue weighted by molar-refractivity contribution is -0.177. The summed E-state index contributed by atoms with van der Waals surface area (Å²) < 4.78 is 28.0. The van der Waals surface area contributed by atoms with Gasteiger partial charge in [-0.25, -0.2) is 19.3 Å². The van der Waals surface area contributed by atoms with E-state index >= 15 is 4.39 Å². The number of tetrazole rings is 1. The number of aromatic amines is 1. The fourth-order valence-electron chi connectivity index (χ4n) is 4.04. The first-order chi connectivity index (χ1) is 17.3. The van der Waals surface area contributed by atoms with Gasteiger partial charge in [0.2, 0.25) is 10.9 Å². The number of H-pyrrole nitrogens is 1. The molecule has 4 aromatic rings. The van der Waals surface area contributed by atoms with Gasteiger partial charge in [0.25, 0.3) is 0 Å². The molecule has 0 bridgehead atoms. The number of carbonyl (C=O) groups is 1. The second-order valence-electron chi connectivity index (χ2n) is 8.06. The summed E-state index contributed by atoms with van der Waals surface area (Å²) in [7, 11) is 0. The Hall–Kier alpha value is -3.79. The van der Waals surface area contributed by atoms with Crippen LogP contribution in [0.2, 0.25) is 5.28 Å². The molecule has 16 heteroatoms. The number of ether oxygens (including phenoxy) is 2. The van der Waals surface area contributed by atoms with Gasteiger partial charge in [0.1, 0.15) is 17.7 Å². The molecule has 36 heavy (non-hydrogen) atoms. The third kappa shape index (κ3) is 4.11. The second-order valence-corrected chi connectivity index (χ2v) is 8.40. The summed E-state index contributed by atoms with van der Waals surface area (Å²) in [6.07, 6.45) is -5.17. The van der Waals surface area contributed by atoms with Gasteiger partial charge in [0.05, 0.1) is 12.9 Å². The molecule has 0 saturated carbocycles. The lowest BCUT2D eigenvalue weighted by atomic mass is 9.93. The smallest absolute Gasteiger partial charge is 0.344 e. The van der Waals surface area contributed by atoms with Gasteiger partial charge < -0.3 is 25.4 Å². The van der Waals surface area contributed by atoms with Crippen molar-refractivity contribution >= 4 is 34.6 Å². The van der Waals surface area contributed by atoms with Gasteiger partial charge in [-0.3, -0.25) is 4.57 Å². The highest BCUT2D eigenvalue weighted by molar-refractivity contribution is 6.28. The number of aliphatic hydroxyl groups is 1. The van der Waals surface area contributed by atoms with Crippen molar-refractivity contribution in [2.24, 2.45) is 0 Å². The molecule has 3 aromatic heterocycles. The van der Waals surface area contributed by atoms with Gasteiger partial charge in [-0.05, 0) is 27.6 Å². The lowest BCUT2D eigenvalue weighted by Crippen LogP contribution is -2.45. The zero-order chi connectivity index (χ0) is 25.4. The Balaban J connectivity index is 1.42. The molecule has 5 atom stereocenters. The zero-order valence-corrected chi connectivity index (χ0v) is 19.0. The van der Waals surface area contributed by atoms with Crippen LogP contribution in [0.5, 0.6) is 0 Å². The number of nitrogens with one attached hydrogen (secondary N) is 1. The number of nitrogens with zero attached hydrogens (tertiary/aromatic N) is 7. The second kappa shape index (κ2) is 9.34. The van der Waals surface area contributed by atoms with E-state index in [2.05, 4.69) is 35.6 Å². The normalized spacial score (nSPS) is 23.6. The number of carboxylic acid groups (broad SMARTS) is 1. The van der Waals surface area contributed by atoms with Crippen molar-refractivity contribution in [1.82, 2.24) is 40.1 Å². The van der Waals surface area contributed by atoms with E-state index in [1.165, 1.54) is 10.9 Å². The van der Waals surface area contributed by atoms with Crippen molar-refractivity contribution in [3.8, 4) is 0 Å². The van der Waals surface area contributed by atoms with Crippen LogP contribution < -0.4 is 5.73 Å². The summed E-state index contributed by atoms with van der Waals surface area (Å²) in [4.78, 5) is 24.4. The highest BCUT2D eigenvalue weighted by Crippen LogP contribution is 2.36. The van der Waals surface area contributed by atoms with Gasteiger partial charge in [-0.1, -0.05) is 30.3 Å². The fourth-order valence-corrected chi connectivity index (χ4v) is 4.21.